The number of nitrogens with one attached hydrogen (secondary N) is 1. The smallest absolute Gasteiger partial charge is 0.322 e. The Morgan fingerprint density at radius 2 is 1.67 bits per heavy atom. The van der Waals surface area contributed by atoms with Crippen molar-refractivity contribution in [1.29, 1.82) is 0 Å². The molecule has 21 heavy (non-hydrogen) atoms. The molecule has 1 aliphatic heterocycles. The molecule has 1 unspecified atom stereocenters. The van der Waals surface area contributed by atoms with Crippen LogP contribution in [-0.4, -0.2) is 16.8 Å². The highest BCUT2D eigenvalue weighted by molar-refractivity contribution is 9.10. The molecule has 0 radical (unpaired) electrons. The Balaban J connectivity index is 1.79. The Kier molecular flexibility index (Phi) is 3.75. The number of nitrogens with zero attached hydrogens (tertiary/aromatic N) is 1. The van der Waals surface area contributed by atoms with Crippen LogP contribution in [0.3, 0.4) is 0 Å². The van der Waals surface area contributed by atoms with Gasteiger partial charge in [0.2, 0.25) is 0 Å². The van der Waals surface area contributed by atoms with Gasteiger partial charge in [-0.25, -0.2) is 4.79 Å². The van der Waals surface area contributed by atoms with Crippen molar-refractivity contribution in [3.63, 3.8) is 0 Å². The third kappa shape index (κ3) is 2.83. The Bertz CT molecular complexity index is 670. The molecule has 1 fully saturated rings. The van der Waals surface area contributed by atoms with Gasteiger partial charge in [-0.1, -0.05) is 58.4 Å². The van der Waals surface area contributed by atoms with Gasteiger partial charge in [0.15, 0.2) is 0 Å². The largest absolute Gasteiger partial charge is 0.325 e. The lowest BCUT2D eigenvalue weighted by molar-refractivity contribution is -0.128. The summed E-state index contributed by atoms with van der Waals surface area (Å²) in [6, 6.07) is 15.9. The van der Waals surface area contributed by atoms with Crippen LogP contribution in [0.1, 0.15) is 17.2 Å². The molecule has 0 bridgehead atoms. The number of hydrogen-bond acceptors (Lipinski definition) is 2. The molecule has 3 amide bonds. The molecule has 1 atom stereocenters. The lowest BCUT2D eigenvalue weighted by atomic mass is 10.1. The highest BCUT2D eigenvalue weighted by Gasteiger charge is 2.38. The first-order valence-corrected chi connectivity index (χ1v) is 7.36. The first kappa shape index (κ1) is 13.8. The molecular weight excluding hydrogens is 332 g/mol. The van der Waals surface area contributed by atoms with Crippen molar-refractivity contribution in [1.82, 2.24) is 10.2 Å². The quantitative estimate of drug-likeness (QED) is 0.869. The first-order chi connectivity index (χ1) is 10.1. The van der Waals surface area contributed by atoms with E-state index >= 15 is 0 Å². The van der Waals surface area contributed by atoms with E-state index in [4.69, 9.17) is 0 Å². The van der Waals surface area contributed by atoms with Gasteiger partial charge in [-0.3, -0.25) is 9.69 Å². The fourth-order valence-corrected chi connectivity index (χ4v) is 2.58. The molecule has 1 heterocycles. The van der Waals surface area contributed by atoms with Crippen molar-refractivity contribution in [2.75, 3.05) is 0 Å². The maximum Gasteiger partial charge on any atom is 0.325 e. The molecule has 0 spiro atoms. The molecule has 0 aromatic heterocycles. The average Bonchev–Trinajstić information content (AvgIpc) is 2.78. The standard InChI is InChI=1S/C16H13BrN2O2/c17-13-8-6-11(7-9-13)10-19-15(20)14(18-16(19)21)12-4-2-1-3-5-12/h1-9,14H,10H2,(H,18,21). The van der Waals surface area contributed by atoms with Crippen molar-refractivity contribution in [3.8, 4) is 0 Å². The Labute approximate surface area is 130 Å². The maximum absolute atomic E-state index is 12.4. The summed E-state index contributed by atoms with van der Waals surface area (Å²) in [5.74, 6) is -0.214. The second-order valence-electron chi connectivity index (χ2n) is 4.84. The van der Waals surface area contributed by atoms with Crippen LogP contribution in [0.4, 0.5) is 4.79 Å². The van der Waals surface area contributed by atoms with Crippen molar-refractivity contribution in [2.45, 2.75) is 12.6 Å². The molecular formula is C16H13BrN2O2. The fourth-order valence-electron chi connectivity index (χ4n) is 2.31. The lowest BCUT2D eigenvalue weighted by Crippen LogP contribution is -2.30. The highest BCUT2D eigenvalue weighted by Crippen LogP contribution is 2.23. The number of halogens is 1. The van der Waals surface area contributed by atoms with Crippen LogP contribution in [0.2, 0.25) is 0 Å². The average molecular weight is 345 g/mol. The van der Waals surface area contributed by atoms with Crippen molar-refractivity contribution in [2.24, 2.45) is 0 Å². The zero-order chi connectivity index (χ0) is 14.8. The highest BCUT2D eigenvalue weighted by atomic mass is 79.9. The van der Waals surface area contributed by atoms with E-state index in [0.29, 0.717) is 0 Å². The number of amides is 3. The number of hydrogen-bond donors (Lipinski definition) is 1. The minimum atomic E-state index is -0.589. The van der Waals surface area contributed by atoms with Crippen LogP contribution < -0.4 is 5.32 Å². The topological polar surface area (TPSA) is 49.4 Å². The van der Waals surface area contributed by atoms with Crippen LogP contribution >= 0.6 is 15.9 Å². The third-order valence-corrected chi connectivity index (χ3v) is 3.94. The third-order valence-electron chi connectivity index (χ3n) is 3.41. The molecule has 4 nitrogen and oxygen atoms in total. The van der Waals surface area contributed by atoms with Crippen molar-refractivity contribution in [3.05, 3.63) is 70.2 Å². The van der Waals surface area contributed by atoms with Gasteiger partial charge >= 0.3 is 6.03 Å². The summed E-state index contributed by atoms with van der Waals surface area (Å²) in [4.78, 5) is 25.7. The van der Waals surface area contributed by atoms with Gasteiger partial charge < -0.3 is 5.32 Å². The van der Waals surface area contributed by atoms with E-state index < -0.39 is 6.04 Å². The Hall–Kier alpha value is -2.14. The number of carbonyl (C=O) groups is 2. The summed E-state index contributed by atoms with van der Waals surface area (Å²) in [6.45, 7) is 0.279. The van der Waals surface area contributed by atoms with Crippen LogP contribution in [0, 0.1) is 0 Å². The molecule has 1 saturated heterocycles. The van der Waals surface area contributed by atoms with E-state index in [-0.39, 0.29) is 18.5 Å². The molecule has 0 saturated carbocycles. The van der Waals surface area contributed by atoms with E-state index in [9.17, 15) is 9.59 Å². The summed E-state index contributed by atoms with van der Waals surface area (Å²) >= 11 is 3.36. The van der Waals surface area contributed by atoms with E-state index in [0.717, 1.165) is 15.6 Å². The summed E-state index contributed by atoms with van der Waals surface area (Å²) in [7, 11) is 0. The van der Waals surface area contributed by atoms with Gasteiger partial charge in [-0.2, -0.15) is 0 Å². The lowest BCUT2D eigenvalue weighted by Gasteiger charge is -2.13. The normalized spacial score (nSPS) is 18.0. The second kappa shape index (κ2) is 5.69. The summed E-state index contributed by atoms with van der Waals surface area (Å²) < 4.78 is 0.964. The molecule has 1 aliphatic rings. The SMILES string of the molecule is O=C1NC(c2ccccc2)C(=O)N1Cc1ccc(Br)cc1. The summed E-state index contributed by atoms with van der Waals surface area (Å²) in [6.07, 6.45) is 0. The predicted octanol–water partition coefficient (Wildman–Crippen LogP) is 3.24. The molecule has 2 aromatic rings. The predicted molar refractivity (Wildman–Crippen MR) is 82.4 cm³/mol. The molecule has 5 heteroatoms. The molecule has 0 aliphatic carbocycles. The maximum atomic E-state index is 12.4. The number of rotatable bonds is 3. The van der Waals surface area contributed by atoms with Gasteiger partial charge in [-0.05, 0) is 23.3 Å². The number of urea groups is 1. The molecule has 1 N–H and O–H groups in total. The molecule has 2 aromatic carbocycles. The first-order valence-electron chi connectivity index (χ1n) is 6.56. The molecule has 106 valence electrons. The van der Waals surface area contributed by atoms with E-state index in [1.165, 1.54) is 4.90 Å². The van der Waals surface area contributed by atoms with Crippen LogP contribution in [0.25, 0.3) is 0 Å². The van der Waals surface area contributed by atoms with E-state index in [1.54, 1.807) is 0 Å². The summed E-state index contributed by atoms with van der Waals surface area (Å²) in [5.41, 5.74) is 1.71. The number of benzene rings is 2. The zero-order valence-corrected chi connectivity index (χ0v) is 12.7. The van der Waals surface area contributed by atoms with Gasteiger partial charge in [0.1, 0.15) is 6.04 Å². The summed E-state index contributed by atoms with van der Waals surface area (Å²) in [5, 5.41) is 2.73. The van der Waals surface area contributed by atoms with Crippen LogP contribution in [0.15, 0.2) is 59.1 Å². The van der Waals surface area contributed by atoms with Gasteiger partial charge in [0.05, 0.1) is 6.54 Å². The van der Waals surface area contributed by atoms with Crippen molar-refractivity contribution < 1.29 is 9.59 Å². The van der Waals surface area contributed by atoms with Crippen molar-refractivity contribution >= 4 is 27.9 Å². The second-order valence-corrected chi connectivity index (χ2v) is 5.76. The number of imide groups is 1. The monoisotopic (exact) mass is 344 g/mol. The van der Waals surface area contributed by atoms with Gasteiger partial charge in [0, 0.05) is 4.47 Å². The molecule has 3 rings (SSSR count). The van der Waals surface area contributed by atoms with Crippen LogP contribution in [-0.2, 0) is 11.3 Å². The zero-order valence-electron chi connectivity index (χ0n) is 11.1. The fraction of sp³-hybridized carbons (Fsp3) is 0.125. The van der Waals surface area contributed by atoms with E-state index in [1.807, 2.05) is 54.6 Å². The number of carbonyl (C=O) groups excluding carboxylic acids is 2. The Morgan fingerprint density at radius 1 is 1.00 bits per heavy atom. The van der Waals surface area contributed by atoms with Gasteiger partial charge in [-0.15, -0.1) is 0 Å². The van der Waals surface area contributed by atoms with E-state index in [2.05, 4.69) is 21.2 Å². The van der Waals surface area contributed by atoms with Crippen LogP contribution in [0.5, 0.6) is 0 Å². The minimum absolute atomic E-state index is 0.214. The minimum Gasteiger partial charge on any atom is -0.322 e. The van der Waals surface area contributed by atoms with Gasteiger partial charge in [0.25, 0.3) is 5.91 Å². The Morgan fingerprint density at radius 3 is 2.33 bits per heavy atom.